The highest BCUT2D eigenvalue weighted by atomic mass is 32.1. The number of pyridine rings is 1. The summed E-state index contributed by atoms with van der Waals surface area (Å²) < 4.78 is 5.25. The fraction of sp³-hybridized carbons (Fsp3) is 0. The van der Waals surface area contributed by atoms with Gasteiger partial charge in [0.15, 0.2) is 11.6 Å². The largest absolute Gasteiger partial charge is 0.380 e. The molecule has 0 unspecified atom stereocenters. The van der Waals surface area contributed by atoms with Crippen molar-refractivity contribution in [3.63, 3.8) is 0 Å². The van der Waals surface area contributed by atoms with Gasteiger partial charge in [-0.3, -0.25) is 9.97 Å². The SMILES string of the molecule is Nc1noc(-c2cncs2)c1-c1ccccn1. The zero-order valence-corrected chi connectivity index (χ0v) is 9.52. The van der Waals surface area contributed by atoms with Gasteiger partial charge in [0.05, 0.1) is 21.6 Å². The molecule has 6 heteroatoms. The van der Waals surface area contributed by atoms with Crippen LogP contribution in [0.4, 0.5) is 5.82 Å². The van der Waals surface area contributed by atoms with Crippen LogP contribution < -0.4 is 5.73 Å². The molecule has 0 radical (unpaired) electrons. The zero-order valence-electron chi connectivity index (χ0n) is 8.70. The van der Waals surface area contributed by atoms with Crippen molar-refractivity contribution < 1.29 is 4.52 Å². The van der Waals surface area contributed by atoms with Crippen molar-refractivity contribution in [1.82, 2.24) is 15.1 Å². The number of hydrogen-bond acceptors (Lipinski definition) is 6. The second-order valence-corrected chi connectivity index (χ2v) is 4.24. The molecule has 84 valence electrons. The van der Waals surface area contributed by atoms with Crippen LogP contribution in [0.1, 0.15) is 0 Å². The van der Waals surface area contributed by atoms with E-state index in [-0.39, 0.29) is 0 Å². The molecule has 3 heterocycles. The third-order valence-corrected chi connectivity index (χ3v) is 3.07. The fourth-order valence-corrected chi connectivity index (χ4v) is 2.16. The second-order valence-electron chi connectivity index (χ2n) is 3.35. The molecule has 0 aliphatic rings. The van der Waals surface area contributed by atoms with Crippen LogP contribution in [-0.2, 0) is 0 Å². The minimum atomic E-state index is 0.340. The Morgan fingerprint density at radius 2 is 2.24 bits per heavy atom. The van der Waals surface area contributed by atoms with Crippen LogP contribution in [0.15, 0.2) is 40.6 Å². The monoisotopic (exact) mass is 244 g/mol. The lowest BCUT2D eigenvalue weighted by Crippen LogP contribution is -1.90. The van der Waals surface area contributed by atoms with Gasteiger partial charge in [0, 0.05) is 12.4 Å². The van der Waals surface area contributed by atoms with Gasteiger partial charge in [-0.2, -0.15) is 0 Å². The molecule has 0 aliphatic heterocycles. The molecular formula is C11H8N4OS. The van der Waals surface area contributed by atoms with E-state index in [4.69, 9.17) is 10.3 Å². The van der Waals surface area contributed by atoms with Gasteiger partial charge in [0.2, 0.25) is 0 Å². The highest BCUT2D eigenvalue weighted by Gasteiger charge is 2.19. The summed E-state index contributed by atoms with van der Waals surface area (Å²) in [6, 6.07) is 5.61. The molecule has 0 bridgehead atoms. The molecular weight excluding hydrogens is 236 g/mol. The Bertz CT molecular complexity index is 618. The number of aromatic nitrogens is 3. The van der Waals surface area contributed by atoms with E-state index in [1.165, 1.54) is 11.3 Å². The molecule has 5 nitrogen and oxygen atoms in total. The van der Waals surface area contributed by atoms with Gasteiger partial charge in [0.25, 0.3) is 0 Å². The first-order chi connectivity index (χ1) is 8.36. The Kier molecular flexibility index (Phi) is 2.34. The molecule has 0 amide bonds. The fourth-order valence-electron chi connectivity index (χ4n) is 1.56. The topological polar surface area (TPSA) is 77.8 Å². The molecule has 0 spiro atoms. The Hall–Kier alpha value is -2.21. The first-order valence-corrected chi connectivity index (χ1v) is 5.79. The summed E-state index contributed by atoms with van der Waals surface area (Å²) in [4.78, 5) is 9.15. The maximum absolute atomic E-state index is 5.82. The number of nitrogens with two attached hydrogens (primary N) is 1. The van der Waals surface area contributed by atoms with Crippen molar-refractivity contribution in [2.24, 2.45) is 0 Å². The number of thiazole rings is 1. The lowest BCUT2D eigenvalue weighted by molar-refractivity contribution is 0.437. The zero-order chi connectivity index (χ0) is 11.7. The smallest absolute Gasteiger partial charge is 0.190 e. The summed E-state index contributed by atoms with van der Waals surface area (Å²) in [5.41, 5.74) is 9.01. The number of hydrogen-bond donors (Lipinski definition) is 1. The van der Waals surface area contributed by atoms with Crippen LogP contribution >= 0.6 is 11.3 Å². The molecule has 17 heavy (non-hydrogen) atoms. The number of nitrogen functional groups attached to an aromatic ring is 1. The molecule has 0 atom stereocenters. The summed E-state index contributed by atoms with van der Waals surface area (Å²) in [5, 5.41) is 3.79. The van der Waals surface area contributed by atoms with Crippen molar-refractivity contribution in [2.75, 3.05) is 5.73 Å². The lowest BCUT2D eigenvalue weighted by Gasteiger charge is -1.98. The predicted molar refractivity (Wildman–Crippen MR) is 65.3 cm³/mol. The average molecular weight is 244 g/mol. The van der Waals surface area contributed by atoms with Crippen molar-refractivity contribution in [2.45, 2.75) is 0 Å². The van der Waals surface area contributed by atoms with Crippen molar-refractivity contribution in [3.8, 4) is 21.9 Å². The summed E-state index contributed by atoms with van der Waals surface area (Å²) in [6.07, 6.45) is 3.43. The highest BCUT2D eigenvalue weighted by Crippen LogP contribution is 2.36. The van der Waals surface area contributed by atoms with E-state index in [9.17, 15) is 0 Å². The van der Waals surface area contributed by atoms with E-state index in [0.717, 1.165) is 16.1 Å². The van der Waals surface area contributed by atoms with Crippen LogP contribution in [-0.4, -0.2) is 15.1 Å². The van der Waals surface area contributed by atoms with E-state index < -0.39 is 0 Å². The predicted octanol–water partition coefficient (Wildman–Crippen LogP) is 2.44. The van der Waals surface area contributed by atoms with Crippen LogP contribution in [0.5, 0.6) is 0 Å². The molecule has 2 N–H and O–H groups in total. The Balaban J connectivity index is 2.20. The first kappa shape index (κ1) is 9.98. The van der Waals surface area contributed by atoms with Gasteiger partial charge in [0.1, 0.15) is 0 Å². The summed E-state index contributed by atoms with van der Waals surface area (Å²) in [5.74, 6) is 0.954. The van der Waals surface area contributed by atoms with Crippen molar-refractivity contribution in [1.29, 1.82) is 0 Å². The minimum Gasteiger partial charge on any atom is -0.380 e. The first-order valence-electron chi connectivity index (χ1n) is 4.91. The van der Waals surface area contributed by atoms with E-state index in [1.807, 2.05) is 18.2 Å². The third kappa shape index (κ3) is 1.68. The van der Waals surface area contributed by atoms with Gasteiger partial charge in [-0.25, -0.2) is 0 Å². The Labute approximate surface area is 101 Å². The summed E-state index contributed by atoms with van der Waals surface area (Å²) >= 11 is 1.47. The lowest BCUT2D eigenvalue weighted by atomic mass is 10.1. The standard InChI is InChI=1S/C11H8N4OS/c12-11-9(7-3-1-2-4-14-7)10(16-15-11)8-5-13-6-17-8/h1-6H,(H2,12,15). The van der Waals surface area contributed by atoms with Gasteiger partial charge in [-0.1, -0.05) is 11.2 Å². The maximum Gasteiger partial charge on any atom is 0.190 e. The Morgan fingerprint density at radius 3 is 2.94 bits per heavy atom. The average Bonchev–Trinajstić information content (AvgIpc) is 2.98. The van der Waals surface area contributed by atoms with Gasteiger partial charge in [-0.05, 0) is 12.1 Å². The van der Waals surface area contributed by atoms with Crippen LogP contribution in [0.25, 0.3) is 21.9 Å². The van der Waals surface area contributed by atoms with Gasteiger partial charge >= 0.3 is 0 Å². The molecule has 0 saturated heterocycles. The number of rotatable bonds is 2. The van der Waals surface area contributed by atoms with Crippen molar-refractivity contribution >= 4 is 17.2 Å². The molecule has 3 aromatic heterocycles. The molecule has 0 aromatic carbocycles. The normalized spacial score (nSPS) is 10.6. The van der Waals surface area contributed by atoms with Crippen LogP contribution in [0.3, 0.4) is 0 Å². The summed E-state index contributed by atoms with van der Waals surface area (Å²) in [6.45, 7) is 0. The molecule has 0 fully saturated rings. The van der Waals surface area contributed by atoms with Crippen molar-refractivity contribution in [3.05, 3.63) is 36.1 Å². The molecule has 0 aliphatic carbocycles. The van der Waals surface area contributed by atoms with E-state index >= 15 is 0 Å². The van der Waals surface area contributed by atoms with Gasteiger partial charge in [-0.15, -0.1) is 11.3 Å². The van der Waals surface area contributed by atoms with Gasteiger partial charge < -0.3 is 10.3 Å². The second kappa shape index (κ2) is 3.99. The molecule has 3 aromatic rings. The minimum absolute atomic E-state index is 0.340. The molecule has 0 saturated carbocycles. The summed E-state index contributed by atoms with van der Waals surface area (Å²) in [7, 11) is 0. The number of anilines is 1. The van der Waals surface area contributed by atoms with E-state index in [2.05, 4.69) is 15.1 Å². The van der Waals surface area contributed by atoms with E-state index in [0.29, 0.717) is 11.6 Å². The quantitative estimate of drug-likeness (QED) is 0.749. The highest BCUT2D eigenvalue weighted by molar-refractivity contribution is 7.13. The third-order valence-electron chi connectivity index (χ3n) is 2.30. The van der Waals surface area contributed by atoms with E-state index in [1.54, 1.807) is 17.9 Å². The molecule has 3 rings (SSSR count). The maximum atomic E-state index is 5.82. The van der Waals surface area contributed by atoms with Crippen LogP contribution in [0.2, 0.25) is 0 Å². The van der Waals surface area contributed by atoms with Crippen LogP contribution in [0, 0.1) is 0 Å². The Morgan fingerprint density at radius 1 is 1.29 bits per heavy atom. The number of nitrogens with zero attached hydrogens (tertiary/aromatic N) is 3.